The number of nitrogens with zero attached hydrogens (tertiary/aromatic N) is 1. The molecule has 5 nitrogen and oxygen atoms in total. The Hall–Kier alpha value is -2.23. The van der Waals surface area contributed by atoms with E-state index in [1.54, 1.807) is 12.1 Å². The number of benzene rings is 1. The average Bonchev–Trinajstić information content (AvgIpc) is 2.58. The first kappa shape index (κ1) is 19.5. The number of thioether (sulfide) groups is 1. The van der Waals surface area contributed by atoms with E-state index in [1.807, 2.05) is 26.0 Å². The maximum atomic E-state index is 13.0. The molecular weight excluding hydrogens is 384 g/mol. The zero-order valence-electron chi connectivity index (χ0n) is 15.0. The second-order valence-corrected chi connectivity index (χ2v) is 8.90. The fraction of sp³-hybridized carbons (Fsp3) is 0.350. The third-order valence-corrected chi connectivity index (χ3v) is 5.92. The molecule has 1 aromatic rings. The molecule has 0 aromatic heterocycles. The van der Waals surface area contributed by atoms with Gasteiger partial charge in [-0.05, 0) is 29.5 Å². The van der Waals surface area contributed by atoms with Crippen molar-refractivity contribution in [2.75, 3.05) is 5.75 Å². The van der Waals surface area contributed by atoms with Gasteiger partial charge in [-0.3, -0.25) is 9.59 Å². The molecule has 0 bridgehead atoms. The molecule has 1 heterocycles. The SMILES string of the molecule is CC1(C)CC(=O)C2=C(C1)NC(SCC(=O)O)=C(C#N)[C@H]2c1ccc(Cl)cc1. The minimum absolute atomic E-state index is 0.0173. The maximum absolute atomic E-state index is 13.0. The molecule has 3 rings (SSSR count). The van der Waals surface area contributed by atoms with Gasteiger partial charge in [-0.1, -0.05) is 49.3 Å². The lowest BCUT2D eigenvalue weighted by Gasteiger charge is -2.39. The summed E-state index contributed by atoms with van der Waals surface area (Å²) in [5.41, 5.74) is 2.36. The number of carbonyl (C=O) groups is 2. The molecule has 1 aliphatic heterocycles. The lowest BCUT2D eigenvalue weighted by Crippen LogP contribution is -2.37. The minimum atomic E-state index is -0.963. The van der Waals surface area contributed by atoms with Crippen LogP contribution < -0.4 is 5.32 Å². The van der Waals surface area contributed by atoms with E-state index in [-0.39, 0.29) is 17.0 Å². The van der Waals surface area contributed by atoms with Gasteiger partial charge < -0.3 is 10.4 Å². The van der Waals surface area contributed by atoms with Gasteiger partial charge in [0.05, 0.1) is 28.3 Å². The predicted octanol–water partition coefficient (Wildman–Crippen LogP) is 4.22. The van der Waals surface area contributed by atoms with Crippen molar-refractivity contribution in [3.8, 4) is 6.07 Å². The Balaban J connectivity index is 2.14. The quantitative estimate of drug-likeness (QED) is 0.783. The van der Waals surface area contributed by atoms with E-state index in [0.717, 1.165) is 23.0 Å². The van der Waals surface area contributed by atoms with Crippen molar-refractivity contribution in [1.82, 2.24) is 5.32 Å². The normalized spacial score (nSPS) is 21.4. The Kier molecular flexibility index (Phi) is 5.36. The highest BCUT2D eigenvalue weighted by atomic mass is 35.5. The average molecular weight is 403 g/mol. The molecule has 0 saturated heterocycles. The number of nitrogens with one attached hydrogen (secondary N) is 1. The summed E-state index contributed by atoms with van der Waals surface area (Å²) in [5, 5.41) is 23.1. The molecule has 0 saturated carbocycles. The van der Waals surface area contributed by atoms with E-state index >= 15 is 0 Å². The molecule has 140 valence electrons. The summed E-state index contributed by atoms with van der Waals surface area (Å²) in [6, 6.07) is 9.29. The number of hydrogen-bond donors (Lipinski definition) is 2. The molecule has 0 unspecified atom stereocenters. The van der Waals surface area contributed by atoms with E-state index in [4.69, 9.17) is 16.7 Å². The second kappa shape index (κ2) is 7.41. The Labute approximate surface area is 167 Å². The monoisotopic (exact) mass is 402 g/mol. The number of ketones is 1. The smallest absolute Gasteiger partial charge is 0.313 e. The number of carbonyl (C=O) groups excluding carboxylic acids is 1. The van der Waals surface area contributed by atoms with Gasteiger partial charge in [0, 0.05) is 22.7 Å². The van der Waals surface area contributed by atoms with Gasteiger partial charge >= 0.3 is 5.97 Å². The summed E-state index contributed by atoms with van der Waals surface area (Å²) in [7, 11) is 0. The van der Waals surface area contributed by atoms with Crippen LogP contribution in [0.3, 0.4) is 0 Å². The molecule has 2 aliphatic rings. The van der Waals surface area contributed by atoms with Gasteiger partial charge in [0.25, 0.3) is 0 Å². The summed E-state index contributed by atoms with van der Waals surface area (Å²) in [4.78, 5) is 24.0. The maximum Gasteiger partial charge on any atom is 0.313 e. The molecule has 0 amide bonds. The zero-order valence-corrected chi connectivity index (χ0v) is 16.6. The number of carboxylic acids is 1. The van der Waals surface area contributed by atoms with E-state index in [1.165, 1.54) is 0 Å². The van der Waals surface area contributed by atoms with Crippen LogP contribution in [0.4, 0.5) is 0 Å². The summed E-state index contributed by atoms with van der Waals surface area (Å²) in [5.74, 6) is -1.62. The number of nitriles is 1. The number of hydrogen-bond acceptors (Lipinski definition) is 5. The van der Waals surface area contributed by atoms with Gasteiger partial charge in [-0.2, -0.15) is 5.26 Å². The van der Waals surface area contributed by atoms with Crippen LogP contribution in [-0.2, 0) is 9.59 Å². The molecule has 1 atom stereocenters. The molecule has 0 radical (unpaired) electrons. The van der Waals surface area contributed by atoms with Gasteiger partial charge in [-0.25, -0.2) is 0 Å². The first-order chi connectivity index (χ1) is 12.7. The second-order valence-electron chi connectivity index (χ2n) is 7.48. The zero-order chi connectivity index (χ0) is 19.8. The van der Waals surface area contributed by atoms with Crippen molar-refractivity contribution in [2.24, 2.45) is 5.41 Å². The van der Waals surface area contributed by atoms with Crippen LogP contribution in [0.1, 0.15) is 38.2 Å². The molecular formula is C20H19ClN2O3S. The van der Waals surface area contributed by atoms with Crippen molar-refractivity contribution in [2.45, 2.75) is 32.6 Å². The van der Waals surface area contributed by atoms with Gasteiger partial charge in [0.15, 0.2) is 5.78 Å². The first-order valence-electron chi connectivity index (χ1n) is 8.49. The molecule has 1 aromatic carbocycles. The van der Waals surface area contributed by atoms with Crippen molar-refractivity contribution in [3.63, 3.8) is 0 Å². The summed E-state index contributed by atoms with van der Waals surface area (Å²) < 4.78 is 0. The van der Waals surface area contributed by atoms with E-state index < -0.39 is 11.9 Å². The number of Topliss-reactive ketones (excluding diaryl/α,β-unsaturated/α-hetero) is 1. The van der Waals surface area contributed by atoms with Crippen molar-refractivity contribution < 1.29 is 14.7 Å². The predicted molar refractivity (Wildman–Crippen MR) is 105 cm³/mol. The Morgan fingerprint density at radius 1 is 1.37 bits per heavy atom. The van der Waals surface area contributed by atoms with Crippen LogP contribution in [0.2, 0.25) is 5.02 Å². The van der Waals surface area contributed by atoms with Crippen LogP contribution in [-0.4, -0.2) is 22.6 Å². The van der Waals surface area contributed by atoms with Crippen LogP contribution in [0.25, 0.3) is 0 Å². The number of aliphatic carboxylic acids is 1. The van der Waals surface area contributed by atoms with Crippen molar-refractivity contribution in [1.29, 1.82) is 5.26 Å². The summed E-state index contributed by atoms with van der Waals surface area (Å²) >= 11 is 7.07. The number of rotatable bonds is 4. The van der Waals surface area contributed by atoms with E-state index in [0.29, 0.717) is 34.0 Å². The first-order valence-corrected chi connectivity index (χ1v) is 9.86. The van der Waals surface area contributed by atoms with Gasteiger partial charge in [0.2, 0.25) is 0 Å². The number of halogens is 1. The molecule has 2 N–H and O–H groups in total. The molecule has 27 heavy (non-hydrogen) atoms. The lowest BCUT2D eigenvalue weighted by atomic mass is 9.69. The standard InChI is InChI=1S/C20H19ClN2O3S/c1-20(2)7-14-18(15(24)8-20)17(11-3-5-12(21)6-4-11)13(9-22)19(23-14)27-10-16(25)26/h3-6,17,23H,7-8,10H2,1-2H3,(H,25,26)/t17-/m1/s1. The van der Waals surface area contributed by atoms with Gasteiger partial charge in [-0.15, -0.1) is 0 Å². The molecule has 7 heteroatoms. The van der Waals surface area contributed by atoms with Crippen LogP contribution in [0.15, 0.2) is 46.1 Å². The third-order valence-electron chi connectivity index (χ3n) is 4.67. The number of dihydropyridines is 1. The fourth-order valence-electron chi connectivity index (χ4n) is 3.61. The van der Waals surface area contributed by atoms with E-state index in [2.05, 4.69) is 11.4 Å². The van der Waals surface area contributed by atoms with E-state index in [9.17, 15) is 14.9 Å². The minimum Gasteiger partial charge on any atom is -0.481 e. The van der Waals surface area contributed by atoms with Crippen molar-refractivity contribution in [3.05, 3.63) is 56.7 Å². The molecule has 1 aliphatic carbocycles. The topological polar surface area (TPSA) is 90.2 Å². The molecule has 0 spiro atoms. The fourth-order valence-corrected chi connectivity index (χ4v) is 4.52. The highest BCUT2D eigenvalue weighted by Crippen LogP contribution is 2.47. The largest absolute Gasteiger partial charge is 0.481 e. The van der Waals surface area contributed by atoms with Crippen LogP contribution in [0.5, 0.6) is 0 Å². The highest BCUT2D eigenvalue weighted by Gasteiger charge is 2.41. The Morgan fingerprint density at radius 3 is 2.63 bits per heavy atom. The lowest BCUT2D eigenvalue weighted by molar-refractivity contribution is -0.133. The number of carboxylic acid groups (broad SMARTS) is 1. The third kappa shape index (κ3) is 4.05. The molecule has 0 fully saturated rings. The summed E-state index contributed by atoms with van der Waals surface area (Å²) in [6.07, 6.45) is 1.07. The van der Waals surface area contributed by atoms with Crippen LogP contribution >= 0.6 is 23.4 Å². The highest BCUT2D eigenvalue weighted by molar-refractivity contribution is 8.03. The number of allylic oxidation sites excluding steroid dienone is 3. The van der Waals surface area contributed by atoms with Gasteiger partial charge in [0.1, 0.15) is 0 Å². The Morgan fingerprint density at radius 2 is 2.04 bits per heavy atom. The summed E-state index contributed by atoms with van der Waals surface area (Å²) in [6.45, 7) is 4.06. The van der Waals surface area contributed by atoms with Crippen molar-refractivity contribution >= 4 is 35.1 Å². The Bertz CT molecular complexity index is 910. The van der Waals surface area contributed by atoms with Crippen LogP contribution in [0, 0.1) is 16.7 Å².